The lowest BCUT2D eigenvalue weighted by Gasteiger charge is -2.31. The van der Waals surface area contributed by atoms with E-state index in [0.29, 0.717) is 11.2 Å². The van der Waals surface area contributed by atoms with Crippen LogP contribution in [0.2, 0.25) is 0 Å². The number of aliphatic imine (C=N–C) groups is 2. The number of hydrogen-bond acceptors (Lipinski definition) is 5. The largest absolute Gasteiger partial charge is 0.387 e. The number of nitrogens with zero attached hydrogens (tertiary/aromatic N) is 2. The molecule has 0 saturated carbocycles. The molecule has 2 radical (unpaired) electrons. The Morgan fingerprint density at radius 2 is 1.42 bits per heavy atom. The van der Waals surface area contributed by atoms with Gasteiger partial charge in [-0.1, -0.05) is 38.4 Å². The van der Waals surface area contributed by atoms with Crippen molar-refractivity contribution in [2.24, 2.45) is 21.1 Å². The second kappa shape index (κ2) is 10.6. The number of hydrogen-bond donors (Lipinski definition) is 3. The number of benzene rings is 1. The zero-order valence-electron chi connectivity index (χ0n) is 17.9. The topological polar surface area (TPSA) is 91.2 Å². The standard InChI is InChI=1S/C13H17BN2.C6H14O2.CH5N/c1-9(13(2,3)4)16-11-8-6-7-10(14)12(11)15-5;1-5(2,7)6(3,4)8;1-2/h6-8H,5H2,1-4H3;7-8H,1-4H3;2H2,1H3. The van der Waals surface area contributed by atoms with Crippen molar-refractivity contribution < 1.29 is 10.2 Å². The van der Waals surface area contributed by atoms with Crippen molar-refractivity contribution in [3.05, 3.63) is 18.2 Å². The molecule has 0 aliphatic rings. The molecule has 0 saturated heterocycles. The Labute approximate surface area is 160 Å². The van der Waals surface area contributed by atoms with Crippen LogP contribution in [-0.2, 0) is 0 Å². The highest BCUT2D eigenvalue weighted by molar-refractivity contribution is 6.36. The van der Waals surface area contributed by atoms with Crippen LogP contribution >= 0.6 is 0 Å². The first-order chi connectivity index (χ1) is 11.6. The van der Waals surface area contributed by atoms with Gasteiger partial charge in [0, 0.05) is 5.71 Å². The average molecular weight is 361 g/mol. The quantitative estimate of drug-likeness (QED) is 0.571. The first kappa shape index (κ1) is 26.7. The number of aliphatic hydroxyl groups is 2. The van der Waals surface area contributed by atoms with Crippen LogP contribution in [0.4, 0.5) is 11.4 Å². The van der Waals surface area contributed by atoms with E-state index in [0.717, 1.165) is 11.4 Å². The van der Waals surface area contributed by atoms with Crippen LogP contribution in [0.3, 0.4) is 0 Å². The minimum Gasteiger partial charge on any atom is -0.387 e. The molecule has 0 aromatic heterocycles. The van der Waals surface area contributed by atoms with Gasteiger partial charge in [-0.2, -0.15) is 0 Å². The molecule has 0 bridgehead atoms. The van der Waals surface area contributed by atoms with E-state index in [2.05, 4.69) is 43.2 Å². The van der Waals surface area contributed by atoms with E-state index in [1.165, 1.54) is 7.05 Å². The van der Waals surface area contributed by atoms with Gasteiger partial charge in [-0.05, 0) is 59.9 Å². The maximum absolute atomic E-state index is 9.10. The van der Waals surface area contributed by atoms with Crippen molar-refractivity contribution in [2.75, 3.05) is 7.05 Å². The van der Waals surface area contributed by atoms with Crippen LogP contribution in [-0.4, -0.2) is 48.7 Å². The van der Waals surface area contributed by atoms with Crippen molar-refractivity contribution in [1.82, 2.24) is 0 Å². The molecule has 0 aliphatic heterocycles. The smallest absolute Gasteiger partial charge is 0.116 e. The first-order valence-electron chi connectivity index (χ1n) is 8.54. The molecule has 5 nitrogen and oxygen atoms in total. The van der Waals surface area contributed by atoms with Gasteiger partial charge in [0.2, 0.25) is 0 Å². The second-order valence-electron chi connectivity index (χ2n) is 7.94. The van der Waals surface area contributed by atoms with Crippen LogP contribution in [0.1, 0.15) is 55.4 Å². The molecule has 0 amide bonds. The van der Waals surface area contributed by atoms with Crippen molar-refractivity contribution in [3.63, 3.8) is 0 Å². The van der Waals surface area contributed by atoms with Gasteiger partial charge in [0.25, 0.3) is 0 Å². The third-order valence-corrected chi connectivity index (χ3v) is 4.07. The summed E-state index contributed by atoms with van der Waals surface area (Å²) in [6.45, 7) is 18.2. The van der Waals surface area contributed by atoms with E-state index in [-0.39, 0.29) is 5.41 Å². The summed E-state index contributed by atoms with van der Waals surface area (Å²) >= 11 is 0. The SMILES string of the molecule is CC(C)(O)C(C)(C)O.CN.[B]c1cccc(N=C(C)C(C)(C)C)c1N=C. The lowest BCUT2D eigenvalue weighted by atomic mass is 9.90. The normalized spacial score (nSPS) is 12.4. The average Bonchev–Trinajstić information content (AvgIpc) is 2.47. The third-order valence-electron chi connectivity index (χ3n) is 4.07. The van der Waals surface area contributed by atoms with Crippen molar-refractivity contribution in [3.8, 4) is 0 Å². The fraction of sp³-hybridized carbons (Fsp3) is 0.600. The van der Waals surface area contributed by atoms with Gasteiger partial charge in [0.15, 0.2) is 0 Å². The number of rotatable bonds is 3. The summed E-state index contributed by atoms with van der Waals surface area (Å²) in [6, 6.07) is 5.57. The molecule has 0 aliphatic carbocycles. The van der Waals surface area contributed by atoms with Crippen LogP contribution < -0.4 is 11.2 Å². The van der Waals surface area contributed by atoms with E-state index < -0.39 is 11.2 Å². The molecule has 1 rings (SSSR count). The Bertz CT molecular complexity index is 581. The molecule has 1 aromatic rings. The summed E-state index contributed by atoms with van der Waals surface area (Å²) < 4.78 is 0. The number of nitrogens with two attached hydrogens (primary N) is 1. The van der Waals surface area contributed by atoms with E-state index in [9.17, 15) is 0 Å². The lowest BCUT2D eigenvalue weighted by molar-refractivity contribution is -0.107. The fourth-order valence-corrected chi connectivity index (χ4v) is 1.16. The zero-order valence-corrected chi connectivity index (χ0v) is 17.9. The van der Waals surface area contributed by atoms with E-state index in [1.807, 2.05) is 19.1 Å². The van der Waals surface area contributed by atoms with Crippen molar-refractivity contribution in [2.45, 2.75) is 66.6 Å². The van der Waals surface area contributed by atoms with Gasteiger partial charge in [0.05, 0.1) is 22.6 Å². The zero-order chi connectivity index (χ0) is 21.3. The van der Waals surface area contributed by atoms with Crippen molar-refractivity contribution in [1.29, 1.82) is 0 Å². The maximum Gasteiger partial charge on any atom is 0.116 e. The lowest BCUT2D eigenvalue weighted by Crippen LogP contribution is -2.44. The number of para-hydroxylation sites is 1. The molecule has 6 heteroatoms. The van der Waals surface area contributed by atoms with Gasteiger partial charge in [-0.25, -0.2) is 0 Å². The summed E-state index contributed by atoms with van der Waals surface area (Å²) in [5.41, 5.74) is 5.62. The molecule has 0 heterocycles. The molecule has 26 heavy (non-hydrogen) atoms. The first-order valence-corrected chi connectivity index (χ1v) is 8.54. The molecule has 0 unspecified atom stereocenters. The highest BCUT2D eigenvalue weighted by Crippen LogP contribution is 2.27. The van der Waals surface area contributed by atoms with Crippen LogP contribution in [0.15, 0.2) is 28.2 Å². The Morgan fingerprint density at radius 1 is 1.00 bits per heavy atom. The van der Waals surface area contributed by atoms with E-state index in [4.69, 9.17) is 18.1 Å². The van der Waals surface area contributed by atoms with Gasteiger partial charge < -0.3 is 15.9 Å². The highest BCUT2D eigenvalue weighted by atomic mass is 16.3. The Hall–Kier alpha value is -1.50. The molecule has 0 atom stereocenters. The predicted molar refractivity (Wildman–Crippen MR) is 116 cm³/mol. The Kier molecular flexibility index (Phi) is 10.9. The second-order valence-corrected chi connectivity index (χ2v) is 7.94. The van der Waals surface area contributed by atoms with Crippen molar-refractivity contribution >= 4 is 37.1 Å². The van der Waals surface area contributed by atoms with Gasteiger partial charge >= 0.3 is 0 Å². The van der Waals surface area contributed by atoms with Gasteiger partial charge in [0.1, 0.15) is 7.85 Å². The molecule has 1 aromatic carbocycles. The summed E-state index contributed by atoms with van der Waals surface area (Å²) in [5, 5.41) is 18.2. The minimum atomic E-state index is -1.01. The summed E-state index contributed by atoms with van der Waals surface area (Å²) in [6.07, 6.45) is 0. The Morgan fingerprint density at radius 3 is 1.73 bits per heavy atom. The maximum atomic E-state index is 9.10. The molecular weight excluding hydrogens is 325 g/mol. The highest BCUT2D eigenvalue weighted by Gasteiger charge is 2.31. The van der Waals surface area contributed by atoms with Gasteiger partial charge in [-0.3, -0.25) is 9.98 Å². The van der Waals surface area contributed by atoms with Crippen LogP contribution in [0, 0.1) is 5.41 Å². The fourth-order valence-electron chi connectivity index (χ4n) is 1.16. The molecule has 146 valence electrons. The molecule has 0 fully saturated rings. The summed E-state index contributed by atoms with van der Waals surface area (Å²) in [4.78, 5) is 8.49. The predicted octanol–water partition coefficient (Wildman–Crippen LogP) is 3.05. The third kappa shape index (κ3) is 9.27. The van der Waals surface area contributed by atoms with E-state index in [1.54, 1.807) is 33.8 Å². The van der Waals surface area contributed by atoms with Crippen LogP contribution in [0.25, 0.3) is 0 Å². The monoisotopic (exact) mass is 361 g/mol. The van der Waals surface area contributed by atoms with E-state index >= 15 is 0 Å². The minimum absolute atomic E-state index is 0.0447. The van der Waals surface area contributed by atoms with Gasteiger partial charge in [-0.15, -0.1) is 0 Å². The Balaban J connectivity index is 0. The molecule has 4 N–H and O–H groups in total. The molecular formula is C20H36BN3O2. The summed E-state index contributed by atoms with van der Waals surface area (Å²) in [5.74, 6) is 0. The molecule has 0 spiro atoms. The van der Waals surface area contributed by atoms with Crippen LogP contribution in [0.5, 0.6) is 0 Å². The summed E-state index contributed by atoms with van der Waals surface area (Å²) in [7, 11) is 7.31.